The first-order valence-electron chi connectivity index (χ1n) is 6.04. The fraction of sp³-hybridized carbons (Fsp3) is 0.429. The summed E-state index contributed by atoms with van der Waals surface area (Å²) in [4.78, 5) is 15.8. The van der Waals surface area contributed by atoms with Crippen LogP contribution >= 0.6 is 0 Å². The second-order valence-electron chi connectivity index (χ2n) is 5.02. The summed E-state index contributed by atoms with van der Waals surface area (Å²) in [6.45, 7) is 8.86. The second-order valence-corrected chi connectivity index (χ2v) is 9.77. The van der Waals surface area contributed by atoms with Crippen LogP contribution in [-0.4, -0.2) is 25.4 Å². The molecular formula is C14H19NO2Si. The van der Waals surface area contributed by atoms with Gasteiger partial charge >= 0.3 is 0 Å². The van der Waals surface area contributed by atoms with Crippen LogP contribution in [0.2, 0.25) is 19.6 Å². The molecule has 0 saturated heterocycles. The first-order chi connectivity index (χ1) is 8.40. The van der Waals surface area contributed by atoms with Crippen molar-refractivity contribution in [2.24, 2.45) is 0 Å². The zero-order valence-corrected chi connectivity index (χ0v) is 12.4. The summed E-state index contributed by atoms with van der Waals surface area (Å²) >= 11 is 0. The second kappa shape index (κ2) is 6.36. The van der Waals surface area contributed by atoms with Crippen molar-refractivity contribution in [3.8, 4) is 17.2 Å². The SMILES string of the molecule is CCOc1ccnc(CC(=O)C#C[Si](C)(C)C)c1. The number of nitrogens with zero attached hydrogens (tertiary/aromatic N) is 1. The van der Waals surface area contributed by atoms with Gasteiger partial charge in [0, 0.05) is 12.3 Å². The van der Waals surface area contributed by atoms with Gasteiger partial charge in [0.25, 0.3) is 0 Å². The molecule has 1 aromatic rings. The van der Waals surface area contributed by atoms with E-state index in [2.05, 4.69) is 36.1 Å². The van der Waals surface area contributed by atoms with Crippen LogP contribution < -0.4 is 4.74 Å². The standard InChI is InChI=1S/C14H19NO2Si/c1-5-17-14-6-8-15-12(11-14)10-13(16)7-9-18(2,3)4/h6,8,11H,5,10H2,1-4H3. The third-order valence-electron chi connectivity index (χ3n) is 2.02. The van der Waals surface area contributed by atoms with E-state index in [1.807, 2.05) is 6.92 Å². The van der Waals surface area contributed by atoms with Crippen molar-refractivity contribution in [1.82, 2.24) is 4.98 Å². The lowest BCUT2D eigenvalue weighted by atomic mass is 10.2. The van der Waals surface area contributed by atoms with Crippen molar-refractivity contribution in [2.45, 2.75) is 33.0 Å². The van der Waals surface area contributed by atoms with Gasteiger partial charge in [-0.25, -0.2) is 0 Å². The number of carbonyl (C=O) groups is 1. The minimum absolute atomic E-state index is 0.0847. The summed E-state index contributed by atoms with van der Waals surface area (Å²) in [5, 5.41) is 0. The van der Waals surface area contributed by atoms with Gasteiger partial charge in [-0.1, -0.05) is 19.6 Å². The van der Waals surface area contributed by atoms with Crippen molar-refractivity contribution in [2.75, 3.05) is 6.61 Å². The smallest absolute Gasteiger partial charge is 0.210 e. The fourth-order valence-corrected chi connectivity index (χ4v) is 1.79. The Labute approximate surface area is 110 Å². The van der Waals surface area contributed by atoms with Gasteiger partial charge < -0.3 is 4.74 Å². The Morgan fingerprint density at radius 1 is 1.44 bits per heavy atom. The third-order valence-corrected chi connectivity index (χ3v) is 2.89. The van der Waals surface area contributed by atoms with Gasteiger partial charge in [0.2, 0.25) is 5.78 Å². The number of ether oxygens (including phenoxy) is 1. The average molecular weight is 261 g/mol. The molecule has 0 radical (unpaired) electrons. The van der Waals surface area contributed by atoms with E-state index in [1.165, 1.54) is 0 Å². The maximum absolute atomic E-state index is 11.7. The summed E-state index contributed by atoms with van der Waals surface area (Å²) in [5.41, 5.74) is 3.77. The molecule has 1 aromatic heterocycles. The molecule has 4 heteroatoms. The van der Waals surface area contributed by atoms with Crippen LogP contribution in [0.5, 0.6) is 5.75 Å². The quantitative estimate of drug-likeness (QED) is 0.617. The monoisotopic (exact) mass is 261 g/mol. The van der Waals surface area contributed by atoms with E-state index >= 15 is 0 Å². The van der Waals surface area contributed by atoms with Crippen LogP contribution in [0.15, 0.2) is 18.3 Å². The van der Waals surface area contributed by atoms with Gasteiger partial charge in [0.1, 0.15) is 13.8 Å². The molecule has 1 heterocycles. The van der Waals surface area contributed by atoms with Crippen molar-refractivity contribution >= 4 is 13.9 Å². The molecule has 0 amide bonds. The minimum atomic E-state index is -1.49. The molecule has 0 aliphatic rings. The Morgan fingerprint density at radius 3 is 2.78 bits per heavy atom. The zero-order valence-electron chi connectivity index (χ0n) is 11.4. The molecule has 0 unspecified atom stereocenters. The number of rotatable bonds is 4. The van der Waals surface area contributed by atoms with Gasteiger partial charge in [-0.3, -0.25) is 9.78 Å². The van der Waals surface area contributed by atoms with E-state index in [4.69, 9.17) is 4.74 Å². The first-order valence-corrected chi connectivity index (χ1v) is 9.54. The van der Waals surface area contributed by atoms with Crippen LogP contribution in [0.1, 0.15) is 12.6 Å². The predicted octanol–water partition coefficient (Wildman–Crippen LogP) is 2.47. The third kappa shape index (κ3) is 5.64. The number of hydrogen-bond donors (Lipinski definition) is 0. The Bertz CT molecular complexity index is 481. The molecule has 1 rings (SSSR count). The van der Waals surface area contributed by atoms with E-state index in [-0.39, 0.29) is 12.2 Å². The zero-order chi connectivity index (χ0) is 13.6. The first kappa shape index (κ1) is 14.5. The number of Topliss-reactive ketones (excluding diaryl/α,β-unsaturated/α-hetero) is 1. The molecular weight excluding hydrogens is 242 g/mol. The molecule has 0 N–H and O–H groups in total. The fourth-order valence-electron chi connectivity index (χ4n) is 1.28. The average Bonchev–Trinajstić information content (AvgIpc) is 2.26. The van der Waals surface area contributed by atoms with Crippen LogP contribution in [0.4, 0.5) is 0 Å². The van der Waals surface area contributed by atoms with Crippen LogP contribution in [0.3, 0.4) is 0 Å². The molecule has 0 saturated carbocycles. The van der Waals surface area contributed by atoms with Crippen LogP contribution in [0, 0.1) is 11.5 Å². The van der Waals surface area contributed by atoms with Gasteiger partial charge in [-0.2, -0.15) is 0 Å². The maximum Gasteiger partial charge on any atom is 0.210 e. The van der Waals surface area contributed by atoms with Gasteiger partial charge in [-0.05, 0) is 18.9 Å². The molecule has 0 fully saturated rings. The van der Waals surface area contributed by atoms with E-state index in [1.54, 1.807) is 18.3 Å². The highest BCUT2D eigenvalue weighted by molar-refractivity contribution is 6.84. The highest BCUT2D eigenvalue weighted by atomic mass is 28.3. The Morgan fingerprint density at radius 2 is 2.17 bits per heavy atom. The number of aromatic nitrogens is 1. The van der Waals surface area contributed by atoms with Gasteiger partial charge in [0.15, 0.2) is 0 Å². The highest BCUT2D eigenvalue weighted by Gasteiger charge is 2.09. The summed E-state index contributed by atoms with van der Waals surface area (Å²) in [6, 6.07) is 3.57. The summed E-state index contributed by atoms with van der Waals surface area (Å²) < 4.78 is 5.36. The van der Waals surface area contributed by atoms with Crippen molar-refractivity contribution in [3.63, 3.8) is 0 Å². The molecule has 0 aliphatic carbocycles. The highest BCUT2D eigenvalue weighted by Crippen LogP contribution is 2.11. The normalized spacial score (nSPS) is 10.4. The molecule has 96 valence electrons. The minimum Gasteiger partial charge on any atom is -0.494 e. The molecule has 0 bridgehead atoms. The van der Waals surface area contributed by atoms with Crippen molar-refractivity contribution in [3.05, 3.63) is 24.0 Å². The largest absolute Gasteiger partial charge is 0.494 e. The lowest BCUT2D eigenvalue weighted by Crippen LogP contribution is -2.17. The maximum atomic E-state index is 11.7. The molecule has 3 nitrogen and oxygen atoms in total. The number of hydrogen-bond acceptors (Lipinski definition) is 3. The van der Waals surface area contributed by atoms with Crippen LogP contribution in [0.25, 0.3) is 0 Å². The van der Waals surface area contributed by atoms with Gasteiger partial charge in [-0.15, -0.1) is 5.54 Å². The molecule has 0 atom stereocenters. The molecule has 0 spiro atoms. The van der Waals surface area contributed by atoms with E-state index in [0.717, 1.165) is 5.75 Å². The predicted molar refractivity (Wildman–Crippen MR) is 75.2 cm³/mol. The van der Waals surface area contributed by atoms with Gasteiger partial charge in [0.05, 0.1) is 18.7 Å². The van der Waals surface area contributed by atoms with E-state index < -0.39 is 8.07 Å². The lowest BCUT2D eigenvalue weighted by molar-refractivity contribution is -0.113. The Balaban J connectivity index is 2.69. The Hall–Kier alpha value is -1.60. The van der Waals surface area contributed by atoms with Crippen LogP contribution in [-0.2, 0) is 11.2 Å². The van der Waals surface area contributed by atoms with Crippen molar-refractivity contribution < 1.29 is 9.53 Å². The van der Waals surface area contributed by atoms with Crippen molar-refractivity contribution in [1.29, 1.82) is 0 Å². The number of pyridine rings is 1. The lowest BCUT2D eigenvalue weighted by Gasteiger charge is -2.04. The summed E-state index contributed by atoms with van der Waals surface area (Å²) in [5.74, 6) is 3.37. The number of carbonyl (C=O) groups excluding carboxylic acids is 1. The topological polar surface area (TPSA) is 39.2 Å². The summed E-state index contributed by atoms with van der Waals surface area (Å²) in [7, 11) is -1.49. The van der Waals surface area contributed by atoms with E-state index in [9.17, 15) is 4.79 Å². The summed E-state index contributed by atoms with van der Waals surface area (Å²) in [6.07, 6.45) is 1.90. The Kier molecular flexibility index (Phi) is 5.11. The number of ketones is 1. The molecule has 0 aromatic carbocycles. The molecule has 18 heavy (non-hydrogen) atoms. The van der Waals surface area contributed by atoms with E-state index in [0.29, 0.717) is 12.3 Å². The molecule has 0 aliphatic heterocycles.